The molecule has 3 aromatic carbocycles. The number of aryl methyl sites for hydroxylation is 1. The minimum atomic E-state index is -3.95. The van der Waals surface area contributed by atoms with E-state index in [4.69, 9.17) is 11.6 Å². The van der Waals surface area contributed by atoms with Gasteiger partial charge in [-0.05, 0) is 67.9 Å². The van der Waals surface area contributed by atoms with E-state index < -0.39 is 22.5 Å². The zero-order valence-corrected chi connectivity index (χ0v) is 24.0. The highest BCUT2D eigenvalue weighted by molar-refractivity contribution is 9.10. The Bertz CT molecular complexity index is 1570. The molecule has 1 aromatic heterocycles. The number of hydrogen-bond acceptors (Lipinski definition) is 4. The average Bonchev–Trinajstić information content (AvgIpc) is 3.17. The minimum Gasteiger partial charge on any atom is -0.318 e. The number of rotatable bonds is 9. The number of halogens is 2. The highest BCUT2D eigenvalue weighted by Gasteiger charge is 2.27. The fourth-order valence-electron chi connectivity index (χ4n) is 4.07. The Labute approximate surface area is 235 Å². The maximum atomic E-state index is 13.4. The zero-order valence-electron chi connectivity index (χ0n) is 20.8. The smallest absolute Gasteiger partial charge is 0.255 e. The van der Waals surface area contributed by atoms with Crippen LogP contribution in [0.15, 0.2) is 99.4 Å². The van der Waals surface area contributed by atoms with Crippen molar-refractivity contribution in [3.05, 3.63) is 117 Å². The summed E-state index contributed by atoms with van der Waals surface area (Å²) in [6.07, 6.45) is 1.55. The van der Waals surface area contributed by atoms with E-state index in [1.807, 2.05) is 79.1 Å². The molecule has 0 bridgehead atoms. The van der Waals surface area contributed by atoms with Crippen LogP contribution in [0.3, 0.4) is 0 Å². The van der Waals surface area contributed by atoms with Crippen LogP contribution in [-0.4, -0.2) is 36.0 Å². The number of sulfonamides is 1. The Morgan fingerprint density at radius 3 is 2.42 bits per heavy atom. The summed E-state index contributed by atoms with van der Waals surface area (Å²) in [4.78, 5) is 12.9. The zero-order chi connectivity index (χ0) is 27.3. The molecule has 4 aromatic rings. The number of aromatic nitrogens is 1. The first-order valence-corrected chi connectivity index (χ1v) is 14.3. The Kier molecular flexibility index (Phi) is 8.83. The van der Waals surface area contributed by atoms with Crippen LogP contribution in [0.5, 0.6) is 0 Å². The molecule has 0 unspecified atom stereocenters. The van der Waals surface area contributed by atoms with E-state index in [0.717, 1.165) is 37.0 Å². The van der Waals surface area contributed by atoms with Crippen LogP contribution in [0.2, 0.25) is 5.02 Å². The average molecular weight is 614 g/mol. The largest absolute Gasteiger partial charge is 0.318 e. The normalized spacial score (nSPS) is 11.8. The lowest BCUT2D eigenvalue weighted by Gasteiger charge is -2.21. The summed E-state index contributed by atoms with van der Waals surface area (Å²) in [5, 5.41) is 4.74. The topological polar surface area (TPSA) is 83.8 Å². The Morgan fingerprint density at radius 1 is 1.03 bits per heavy atom. The first-order valence-electron chi connectivity index (χ1n) is 11.7. The molecule has 0 radical (unpaired) electrons. The van der Waals surface area contributed by atoms with Gasteiger partial charge in [-0.1, -0.05) is 63.9 Å². The molecule has 0 saturated carbocycles. The summed E-state index contributed by atoms with van der Waals surface area (Å²) in [5.41, 5.74) is 6.87. The van der Waals surface area contributed by atoms with Crippen molar-refractivity contribution >= 4 is 49.7 Å². The third-order valence-corrected chi connectivity index (χ3v) is 8.47. The number of benzene rings is 3. The number of hydrogen-bond donors (Lipinski definition) is 1. The minimum absolute atomic E-state index is 0.0388. The molecule has 4 rings (SSSR count). The Balaban J connectivity index is 1.51. The summed E-state index contributed by atoms with van der Waals surface area (Å²) in [7, 11) is -3.95. The summed E-state index contributed by atoms with van der Waals surface area (Å²) in [6.45, 7) is 3.56. The number of nitrogens with zero attached hydrogens (tertiary/aromatic N) is 3. The van der Waals surface area contributed by atoms with E-state index in [1.165, 1.54) is 12.1 Å². The quantitative estimate of drug-likeness (QED) is 0.190. The third-order valence-electron chi connectivity index (χ3n) is 5.90. The van der Waals surface area contributed by atoms with Gasteiger partial charge in [-0.2, -0.15) is 9.41 Å². The molecule has 0 saturated heterocycles. The van der Waals surface area contributed by atoms with Crippen LogP contribution in [0.1, 0.15) is 22.5 Å². The van der Waals surface area contributed by atoms with Gasteiger partial charge in [-0.15, -0.1) is 0 Å². The van der Waals surface area contributed by atoms with Crippen molar-refractivity contribution in [2.45, 2.75) is 25.3 Å². The molecule has 0 aliphatic heterocycles. The summed E-state index contributed by atoms with van der Waals surface area (Å²) < 4.78 is 30.7. The molecule has 0 aliphatic carbocycles. The lowest BCUT2D eigenvalue weighted by atomic mass is 10.2. The van der Waals surface area contributed by atoms with Crippen LogP contribution in [0.4, 0.5) is 0 Å². The van der Waals surface area contributed by atoms with Gasteiger partial charge in [0.15, 0.2) is 0 Å². The second-order valence-electron chi connectivity index (χ2n) is 8.65. The van der Waals surface area contributed by atoms with Crippen LogP contribution < -0.4 is 5.43 Å². The molecular formula is C28H26BrClN4O3S. The SMILES string of the molecule is Cc1cc(/C=N/NC(=O)CN(Cc2ccccc2)S(=O)(=O)c2ccc(Br)cc2)c(C)n1-c1cccc(Cl)c1. The lowest BCUT2D eigenvalue weighted by Crippen LogP contribution is -2.39. The van der Waals surface area contributed by atoms with Crippen molar-refractivity contribution in [3.63, 3.8) is 0 Å². The van der Waals surface area contributed by atoms with Crippen LogP contribution in [-0.2, 0) is 21.4 Å². The van der Waals surface area contributed by atoms with Gasteiger partial charge >= 0.3 is 0 Å². The fourth-order valence-corrected chi connectivity index (χ4v) is 5.90. The molecule has 0 aliphatic rings. The summed E-state index contributed by atoms with van der Waals surface area (Å²) in [5.74, 6) is -0.554. The van der Waals surface area contributed by atoms with Gasteiger partial charge in [0.25, 0.3) is 5.91 Å². The number of carbonyl (C=O) groups excluding carboxylic acids is 1. The van der Waals surface area contributed by atoms with Gasteiger partial charge in [0.1, 0.15) is 0 Å². The molecule has 38 heavy (non-hydrogen) atoms. The van der Waals surface area contributed by atoms with E-state index in [9.17, 15) is 13.2 Å². The van der Waals surface area contributed by atoms with Crippen LogP contribution >= 0.6 is 27.5 Å². The van der Waals surface area contributed by atoms with Crippen molar-refractivity contribution in [1.82, 2.24) is 14.3 Å². The van der Waals surface area contributed by atoms with Gasteiger partial charge < -0.3 is 4.57 Å². The van der Waals surface area contributed by atoms with Gasteiger partial charge in [0.05, 0.1) is 17.7 Å². The van der Waals surface area contributed by atoms with Crippen molar-refractivity contribution in [3.8, 4) is 5.69 Å². The molecular weight excluding hydrogens is 588 g/mol. The first kappa shape index (κ1) is 27.8. The maximum Gasteiger partial charge on any atom is 0.255 e. The van der Waals surface area contributed by atoms with Crippen molar-refractivity contribution < 1.29 is 13.2 Å². The summed E-state index contributed by atoms with van der Waals surface area (Å²) in [6, 6.07) is 24.9. The van der Waals surface area contributed by atoms with Crippen LogP contribution in [0, 0.1) is 13.8 Å². The van der Waals surface area contributed by atoms with Gasteiger partial charge in [0, 0.05) is 38.7 Å². The molecule has 10 heteroatoms. The first-order chi connectivity index (χ1) is 18.1. The predicted molar refractivity (Wildman–Crippen MR) is 154 cm³/mol. The molecule has 1 heterocycles. The molecule has 0 fully saturated rings. The van der Waals surface area contributed by atoms with Gasteiger partial charge in [-0.25, -0.2) is 13.8 Å². The second kappa shape index (κ2) is 12.1. The maximum absolute atomic E-state index is 13.4. The van der Waals surface area contributed by atoms with Crippen LogP contribution in [0.25, 0.3) is 5.69 Å². The predicted octanol–water partition coefficient (Wildman–Crippen LogP) is 5.85. The molecule has 0 spiro atoms. The summed E-state index contributed by atoms with van der Waals surface area (Å²) >= 11 is 9.48. The monoisotopic (exact) mass is 612 g/mol. The molecule has 7 nitrogen and oxygen atoms in total. The van der Waals surface area contributed by atoms with E-state index in [0.29, 0.717) is 5.02 Å². The Hall–Kier alpha value is -3.24. The Morgan fingerprint density at radius 2 is 1.74 bits per heavy atom. The molecule has 0 atom stereocenters. The van der Waals surface area contributed by atoms with Crippen molar-refractivity contribution in [2.75, 3.05) is 6.54 Å². The van der Waals surface area contributed by atoms with E-state index in [2.05, 4.69) is 26.5 Å². The van der Waals surface area contributed by atoms with Gasteiger partial charge in [0.2, 0.25) is 10.0 Å². The number of hydrazone groups is 1. The van der Waals surface area contributed by atoms with Crippen molar-refractivity contribution in [1.29, 1.82) is 0 Å². The van der Waals surface area contributed by atoms with Gasteiger partial charge in [-0.3, -0.25) is 4.79 Å². The number of carbonyl (C=O) groups is 1. The van der Waals surface area contributed by atoms with Crippen molar-refractivity contribution in [2.24, 2.45) is 5.10 Å². The van der Waals surface area contributed by atoms with E-state index >= 15 is 0 Å². The van der Waals surface area contributed by atoms with E-state index in [-0.39, 0.29) is 11.4 Å². The molecule has 1 N–H and O–H groups in total. The lowest BCUT2D eigenvalue weighted by molar-refractivity contribution is -0.121. The fraction of sp³-hybridized carbons (Fsp3) is 0.143. The molecule has 196 valence electrons. The standard InChI is InChI=1S/C28H26BrClN4O3S/c1-20-15-23(21(2)34(20)26-10-6-9-25(30)16-26)17-31-32-28(35)19-33(18-22-7-4-3-5-8-22)38(36,37)27-13-11-24(29)12-14-27/h3-17H,18-19H2,1-2H3,(H,32,35)/b31-17+. The van der Waals surface area contributed by atoms with E-state index in [1.54, 1.807) is 18.3 Å². The number of nitrogens with one attached hydrogen (secondary N) is 1. The highest BCUT2D eigenvalue weighted by Crippen LogP contribution is 2.23. The third kappa shape index (κ3) is 6.60. The molecule has 1 amide bonds. The second-order valence-corrected chi connectivity index (χ2v) is 11.9. The highest BCUT2D eigenvalue weighted by atomic mass is 79.9. The number of amides is 1.